The summed E-state index contributed by atoms with van der Waals surface area (Å²) in [5, 5.41) is 0. The molecule has 1 rings (SSSR count). The van der Waals surface area contributed by atoms with E-state index in [1.54, 1.807) is 0 Å². The van der Waals surface area contributed by atoms with Crippen LogP contribution in [0.25, 0.3) is 0 Å². The number of hydrogen-bond acceptors (Lipinski definition) is 4. The van der Waals surface area contributed by atoms with Crippen LogP contribution < -0.4 is 0 Å². The van der Waals surface area contributed by atoms with Crippen LogP contribution >= 0.6 is 12.4 Å². The first-order valence-corrected chi connectivity index (χ1v) is 10.2. The number of nitrogens with zero attached hydrogens (tertiary/aromatic N) is 2. The molecule has 1 aromatic carbocycles. The molecule has 1 aromatic rings. The molecular formula is C22H39ClN2O2. The van der Waals surface area contributed by atoms with Gasteiger partial charge in [-0.25, -0.2) is 0 Å². The van der Waals surface area contributed by atoms with Gasteiger partial charge in [0, 0.05) is 0 Å². The molecule has 0 amide bonds. The zero-order chi connectivity index (χ0) is 19.4. The van der Waals surface area contributed by atoms with Crippen LogP contribution in [0.15, 0.2) is 30.3 Å². The van der Waals surface area contributed by atoms with E-state index in [2.05, 4.69) is 49.6 Å². The Morgan fingerprint density at radius 3 is 1.67 bits per heavy atom. The van der Waals surface area contributed by atoms with Gasteiger partial charge in [-0.2, -0.15) is 0 Å². The van der Waals surface area contributed by atoms with Crippen LogP contribution in [-0.4, -0.2) is 61.6 Å². The van der Waals surface area contributed by atoms with Gasteiger partial charge >= 0.3 is 5.97 Å². The molecule has 0 spiro atoms. The Labute approximate surface area is 172 Å². The van der Waals surface area contributed by atoms with E-state index in [0.717, 1.165) is 57.7 Å². The largest absolute Gasteiger partial charge is 0.465 e. The van der Waals surface area contributed by atoms with Crippen molar-refractivity contribution < 1.29 is 9.53 Å². The minimum Gasteiger partial charge on any atom is -0.465 e. The first-order valence-electron chi connectivity index (χ1n) is 10.2. The molecule has 0 aliphatic rings. The number of ether oxygens (including phenoxy) is 1. The molecule has 0 fully saturated rings. The van der Waals surface area contributed by atoms with E-state index in [4.69, 9.17) is 4.74 Å². The van der Waals surface area contributed by atoms with Gasteiger partial charge in [0.1, 0.15) is 0 Å². The SMILES string of the molecule is CCOC(=O)C(CCN(CC)CC)(CCN(CC)CC)c1ccccc1.Cl. The summed E-state index contributed by atoms with van der Waals surface area (Å²) in [6.07, 6.45) is 1.58. The molecule has 0 aliphatic carbocycles. The maximum atomic E-state index is 13.2. The van der Waals surface area contributed by atoms with Crippen molar-refractivity contribution in [2.24, 2.45) is 0 Å². The summed E-state index contributed by atoms with van der Waals surface area (Å²) in [5.41, 5.74) is 0.500. The molecule has 0 aromatic heterocycles. The normalized spacial score (nSPS) is 11.5. The number of benzene rings is 1. The average molecular weight is 399 g/mol. The Kier molecular flexibility index (Phi) is 13.4. The van der Waals surface area contributed by atoms with Gasteiger partial charge in [-0.15, -0.1) is 12.4 Å². The van der Waals surface area contributed by atoms with Crippen molar-refractivity contribution in [2.45, 2.75) is 52.9 Å². The number of carbonyl (C=O) groups is 1. The molecule has 0 N–H and O–H groups in total. The third-order valence-electron chi connectivity index (χ3n) is 5.49. The molecular weight excluding hydrogens is 360 g/mol. The van der Waals surface area contributed by atoms with Crippen molar-refractivity contribution in [1.29, 1.82) is 0 Å². The van der Waals surface area contributed by atoms with Gasteiger partial charge in [0.15, 0.2) is 0 Å². The van der Waals surface area contributed by atoms with Gasteiger partial charge in [0.25, 0.3) is 0 Å². The number of rotatable bonds is 13. The van der Waals surface area contributed by atoms with Gasteiger partial charge in [-0.1, -0.05) is 58.0 Å². The fourth-order valence-corrected chi connectivity index (χ4v) is 3.54. The van der Waals surface area contributed by atoms with E-state index in [1.807, 2.05) is 25.1 Å². The lowest BCUT2D eigenvalue weighted by atomic mass is 9.74. The minimum atomic E-state index is -0.581. The molecule has 0 saturated carbocycles. The zero-order valence-electron chi connectivity index (χ0n) is 17.9. The van der Waals surface area contributed by atoms with Gasteiger partial charge in [-0.05, 0) is 64.6 Å². The van der Waals surface area contributed by atoms with Crippen molar-refractivity contribution in [3.63, 3.8) is 0 Å². The number of halogens is 1. The molecule has 0 unspecified atom stereocenters. The maximum absolute atomic E-state index is 13.2. The Balaban J connectivity index is 0.00000676. The summed E-state index contributed by atoms with van der Waals surface area (Å²) in [6.45, 7) is 16.8. The molecule has 0 heterocycles. The second kappa shape index (κ2) is 14.0. The molecule has 0 saturated heterocycles. The highest BCUT2D eigenvalue weighted by molar-refractivity contribution is 5.85. The van der Waals surface area contributed by atoms with E-state index in [1.165, 1.54) is 0 Å². The van der Waals surface area contributed by atoms with Crippen LogP contribution in [0.2, 0.25) is 0 Å². The van der Waals surface area contributed by atoms with Crippen LogP contribution in [0.4, 0.5) is 0 Å². The summed E-state index contributed by atoms with van der Waals surface area (Å²) in [4.78, 5) is 18.0. The van der Waals surface area contributed by atoms with Crippen molar-refractivity contribution in [3.8, 4) is 0 Å². The van der Waals surface area contributed by atoms with E-state index in [-0.39, 0.29) is 18.4 Å². The molecule has 0 aliphatic heterocycles. The standard InChI is InChI=1S/C22H38N2O2.ClH/c1-6-23(7-2)18-16-22(21(25)26-10-5,17-19-24(8-3)9-4)20-14-12-11-13-15-20;/h11-15H,6-10,16-19H2,1-5H3;1H. The van der Waals surface area contributed by atoms with Crippen LogP contribution in [-0.2, 0) is 14.9 Å². The lowest BCUT2D eigenvalue weighted by Gasteiger charge is -2.35. The number of carbonyl (C=O) groups excluding carboxylic acids is 1. The predicted molar refractivity (Wildman–Crippen MR) is 117 cm³/mol. The molecule has 27 heavy (non-hydrogen) atoms. The fraction of sp³-hybridized carbons (Fsp3) is 0.682. The first-order chi connectivity index (χ1) is 12.6. The summed E-state index contributed by atoms with van der Waals surface area (Å²) < 4.78 is 5.58. The second-order valence-electron chi connectivity index (χ2n) is 6.72. The van der Waals surface area contributed by atoms with Crippen molar-refractivity contribution in [3.05, 3.63) is 35.9 Å². The molecule has 4 nitrogen and oxygen atoms in total. The van der Waals surface area contributed by atoms with Gasteiger partial charge in [-0.3, -0.25) is 4.79 Å². The Morgan fingerprint density at radius 2 is 1.30 bits per heavy atom. The Morgan fingerprint density at radius 1 is 0.852 bits per heavy atom. The quantitative estimate of drug-likeness (QED) is 0.462. The lowest BCUT2D eigenvalue weighted by Crippen LogP contribution is -2.43. The molecule has 0 atom stereocenters. The van der Waals surface area contributed by atoms with Gasteiger partial charge in [0.05, 0.1) is 12.0 Å². The Bertz CT molecular complexity index is 486. The van der Waals surface area contributed by atoms with Crippen LogP contribution in [0.1, 0.15) is 53.0 Å². The molecule has 0 radical (unpaired) electrons. The zero-order valence-corrected chi connectivity index (χ0v) is 18.7. The van der Waals surface area contributed by atoms with E-state index >= 15 is 0 Å². The third-order valence-corrected chi connectivity index (χ3v) is 5.49. The fourth-order valence-electron chi connectivity index (χ4n) is 3.54. The van der Waals surface area contributed by atoms with Crippen molar-refractivity contribution in [1.82, 2.24) is 9.80 Å². The average Bonchev–Trinajstić information content (AvgIpc) is 2.68. The summed E-state index contributed by atoms with van der Waals surface area (Å²) >= 11 is 0. The summed E-state index contributed by atoms with van der Waals surface area (Å²) in [7, 11) is 0. The number of esters is 1. The van der Waals surface area contributed by atoms with Crippen LogP contribution in [0.5, 0.6) is 0 Å². The van der Waals surface area contributed by atoms with Gasteiger partial charge in [0.2, 0.25) is 0 Å². The number of hydrogen-bond donors (Lipinski definition) is 0. The van der Waals surface area contributed by atoms with E-state index in [0.29, 0.717) is 6.61 Å². The molecule has 0 bridgehead atoms. The highest BCUT2D eigenvalue weighted by atomic mass is 35.5. The Hall–Kier alpha value is -1.10. The summed E-state index contributed by atoms with van der Waals surface area (Å²) in [5.74, 6) is -0.0782. The highest BCUT2D eigenvalue weighted by Gasteiger charge is 2.41. The highest BCUT2D eigenvalue weighted by Crippen LogP contribution is 2.34. The monoisotopic (exact) mass is 398 g/mol. The van der Waals surface area contributed by atoms with Crippen LogP contribution in [0.3, 0.4) is 0 Å². The topological polar surface area (TPSA) is 32.8 Å². The van der Waals surface area contributed by atoms with Crippen molar-refractivity contribution >= 4 is 18.4 Å². The summed E-state index contributed by atoms with van der Waals surface area (Å²) in [6, 6.07) is 10.2. The van der Waals surface area contributed by atoms with Crippen molar-refractivity contribution in [2.75, 3.05) is 45.9 Å². The van der Waals surface area contributed by atoms with E-state index < -0.39 is 5.41 Å². The third kappa shape index (κ3) is 7.44. The second-order valence-corrected chi connectivity index (χ2v) is 6.72. The maximum Gasteiger partial charge on any atom is 0.316 e. The minimum absolute atomic E-state index is 0. The van der Waals surface area contributed by atoms with Crippen LogP contribution in [0, 0.1) is 0 Å². The smallest absolute Gasteiger partial charge is 0.316 e. The molecule has 156 valence electrons. The predicted octanol–water partition coefficient (Wildman–Crippen LogP) is 4.37. The molecule has 5 heteroatoms. The first kappa shape index (κ1) is 25.9. The van der Waals surface area contributed by atoms with Gasteiger partial charge < -0.3 is 14.5 Å². The lowest BCUT2D eigenvalue weighted by molar-refractivity contribution is -0.151. The van der Waals surface area contributed by atoms with E-state index in [9.17, 15) is 4.79 Å².